The monoisotopic (exact) mass is 417 g/mol. The molecule has 0 radical (unpaired) electrons. The number of imidazole rings is 1. The second kappa shape index (κ2) is 10.1. The zero-order valence-corrected chi connectivity index (χ0v) is 14.8. The lowest BCUT2D eigenvalue weighted by atomic mass is 10.2. The quantitative estimate of drug-likeness (QED) is 0.329. The predicted molar refractivity (Wildman–Crippen MR) is 96.9 cm³/mol. The molecule has 0 spiro atoms. The third-order valence-corrected chi connectivity index (χ3v) is 3.02. The first kappa shape index (κ1) is 18.4. The van der Waals surface area contributed by atoms with E-state index in [4.69, 9.17) is 0 Å². The van der Waals surface area contributed by atoms with Gasteiger partial charge in [-0.2, -0.15) is 0 Å². The molecule has 0 bridgehead atoms. The van der Waals surface area contributed by atoms with Crippen molar-refractivity contribution < 1.29 is 4.39 Å². The predicted octanol–water partition coefficient (Wildman–Crippen LogP) is 2.40. The summed E-state index contributed by atoms with van der Waals surface area (Å²) in [6.07, 6.45) is 6.48. The fourth-order valence-electron chi connectivity index (χ4n) is 1.94. The minimum Gasteiger partial charge on any atom is -0.356 e. The number of halogens is 2. The second-order valence-corrected chi connectivity index (χ2v) is 4.64. The van der Waals surface area contributed by atoms with Crippen molar-refractivity contribution in [1.82, 2.24) is 20.2 Å². The maximum atomic E-state index is 13.1. The van der Waals surface area contributed by atoms with Gasteiger partial charge in [0.15, 0.2) is 5.96 Å². The van der Waals surface area contributed by atoms with Gasteiger partial charge in [-0.25, -0.2) is 9.37 Å². The molecule has 0 aliphatic rings. The van der Waals surface area contributed by atoms with Gasteiger partial charge in [0.1, 0.15) is 5.82 Å². The van der Waals surface area contributed by atoms with Gasteiger partial charge in [-0.3, -0.25) is 4.99 Å². The van der Waals surface area contributed by atoms with Crippen LogP contribution < -0.4 is 10.6 Å². The molecule has 0 unspecified atom stereocenters. The average Bonchev–Trinajstić information content (AvgIpc) is 3.00. The van der Waals surface area contributed by atoms with Crippen molar-refractivity contribution in [2.24, 2.45) is 4.99 Å². The number of rotatable bonds is 6. The van der Waals surface area contributed by atoms with Crippen molar-refractivity contribution in [3.05, 3.63) is 54.4 Å². The Morgan fingerprint density at radius 3 is 2.91 bits per heavy atom. The molecule has 2 rings (SSSR count). The molecule has 0 atom stereocenters. The van der Waals surface area contributed by atoms with Crippen LogP contribution in [0.2, 0.25) is 0 Å². The molecule has 0 saturated heterocycles. The minimum atomic E-state index is -0.224. The summed E-state index contributed by atoms with van der Waals surface area (Å²) >= 11 is 0. The van der Waals surface area contributed by atoms with E-state index in [0.717, 1.165) is 25.1 Å². The Morgan fingerprint density at radius 1 is 1.36 bits per heavy atom. The van der Waals surface area contributed by atoms with Gasteiger partial charge in [-0.05, 0) is 24.1 Å². The molecule has 1 heterocycles. The normalized spacial score (nSPS) is 10.9. The summed E-state index contributed by atoms with van der Waals surface area (Å²) in [5.74, 6) is 0.488. The van der Waals surface area contributed by atoms with Gasteiger partial charge in [0.05, 0.1) is 6.33 Å². The van der Waals surface area contributed by atoms with Crippen LogP contribution in [0, 0.1) is 5.82 Å². The standard InChI is InChI=1S/C15H20FN5.HI/c1-17-15(19-6-3-8-21-9-7-18-12-21)20-11-13-4-2-5-14(16)10-13;/h2,4-5,7,9-10,12H,3,6,8,11H2,1H3,(H2,17,19,20);1H. The largest absolute Gasteiger partial charge is 0.356 e. The molecule has 5 nitrogen and oxygen atoms in total. The molecule has 22 heavy (non-hydrogen) atoms. The van der Waals surface area contributed by atoms with Crippen LogP contribution in [0.4, 0.5) is 4.39 Å². The van der Waals surface area contributed by atoms with Gasteiger partial charge in [-0.1, -0.05) is 12.1 Å². The van der Waals surface area contributed by atoms with Crippen molar-refractivity contribution in [1.29, 1.82) is 0 Å². The van der Waals surface area contributed by atoms with Gasteiger partial charge in [-0.15, -0.1) is 24.0 Å². The Hall–Kier alpha value is -1.64. The van der Waals surface area contributed by atoms with E-state index in [1.807, 2.05) is 16.8 Å². The number of guanidine groups is 1. The van der Waals surface area contributed by atoms with Crippen LogP contribution in [-0.4, -0.2) is 29.1 Å². The Morgan fingerprint density at radius 2 is 2.23 bits per heavy atom. The van der Waals surface area contributed by atoms with Gasteiger partial charge in [0.2, 0.25) is 0 Å². The second-order valence-electron chi connectivity index (χ2n) is 4.64. The van der Waals surface area contributed by atoms with E-state index < -0.39 is 0 Å². The molecule has 120 valence electrons. The van der Waals surface area contributed by atoms with Crippen LogP contribution in [0.1, 0.15) is 12.0 Å². The van der Waals surface area contributed by atoms with E-state index in [0.29, 0.717) is 12.5 Å². The Labute approximate surface area is 147 Å². The van der Waals surface area contributed by atoms with E-state index in [1.165, 1.54) is 12.1 Å². The molecular weight excluding hydrogens is 396 g/mol. The fraction of sp³-hybridized carbons (Fsp3) is 0.333. The summed E-state index contributed by atoms with van der Waals surface area (Å²) in [6, 6.07) is 6.53. The van der Waals surface area contributed by atoms with Crippen molar-refractivity contribution in [2.45, 2.75) is 19.5 Å². The van der Waals surface area contributed by atoms with Gasteiger partial charge >= 0.3 is 0 Å². The molecule has 2 aromatic rings. The van der Waals surface area contributed by atoms with Crippen LogP contribution in [0.25, 0.3) is 0 Å². The summed E-state index contributed by atoms with van der Waals surface area (Å²) in [5.41, 5.74) is 0.886. The summed E-state index contributed by atoms with van der Waals surface area (Å²) in [7, 11) is 1.72. The third kappa shape index (κ3) is 6.42. The molecule has 1 aromatic heterocycles. The lowest BCUT2D eigenvalue weighted by Gasteiger charge is -2.12. The number of benzene rings is 1. The van der Waals surface area contributed by atoms with Crippen molar-refractivity contribution in [3.8, 4) is 0 Å². The third-order valence-electron chi connectivity index (χ3n) is 3.02. The highest BCUT2D eigenvalue weighted by Gasteiger charge is 1.99. The molecule has 0 aliphatic carbocycles. The number of nitrogens with zero attached hydrogens (tertiary/aromatic N) is 3. The highest BCUT2D eigenvalue weighted by molar-refractivity contribution is 14.0. The van der Waals surface area contributed by atoms with Gasteiger partial charge in [0, 0.05) is 39.1 Å². The van der Waals surface area contributed by atoms with Crippen molar-refractivity contribution in [3.63, 3.8) is 0 Å². The van der Waals surface area contributed by atoms with E-state index in [1.54, 1.807) is 25.6 Å². The molecule has 1 aromatic carbocycles. The average molecular weight is 417 g/mol. The summed E-state index contributed by atoms with van der Waals surface area (Å²) in [5, 5.41) is 6.39. The SMILES string of the molecule is CN=C(NCCCn1ccnc1)NCc1cccc(F)c1.I. The first-order valence-corrected chi connectivity index (χ1v) is 6.92. The summed E-state index contributed by atoms with van der Waals surface area (Å²) in [4.78, 5) is 8.14. The number of hydrogen-bond acceptors (Lipinski definition) is 2. The molecule has 0 saturated carbocycles. The van der Waals surface area contributed by atoms with Crippen LogP contribution in [0.5, 0.6) is 0 Å². The summed E-state index contributed by atoms with van der Waals surface area (Å²) in [6.45, 7) is 2.26. The number of aryl methyl sites for hydroxylation is 1. The van der Waals surface area contributed by atoms with Crippen LogP contribution in [0.3, 0.4) is 0 Å². The minimum absolute atomic E-state index is 0. The maximum absolute atomic E-state index is 13.1. The topological polar surface area (TPSA) is 54.2 Å². The zero-order chi connectivity index (χ0) is 14.9. The Balaban J connectivity index is 0.00000242. The fourth-order valence-corrected chi connectivity index (χ4v) is 1.94. The van der Waals surface area contributed by atoms with E-state index in [2.05, 4.69) is 20.6 Å². The zero-order valence-electron chi connectivity index (χ0n) is 12.5. The molecule has 0 aliphatic heterocycles. The number of aromatic nitrogens is 2. The van der Waals surface area contributed by atoms with Crippen LogP contribution in [0.15, 0.2) is 48.0 Å². The van der Waals surface area contributed by atoms with E-state index in [-0.39, 0.29) is 29.8 Å². The lowest BCUT2D eigenvalue weighted by Crippen LogP contribution is -2.37. The molecule has 2 N–H and O–H groups in total. The molecule has 0 amide bonds. The lowest BCUT2D eigenvalue weighted by molar-refractivity contribution is 0.620. The number of hydrogen-bond donors (Lipinski definition) is 2. The Kier molecular flexibility index (Phi) is 8.49. The van der Waals surface area contributed by atoms with E-state index in [9.17, 15) is 4.39 Å². The van der Waals surface area contributed by atoms with Gasteiger partial charge in [0.25, 0.3) is 0 Å². The maximum Gasteiger partial charge on any atom is 0.191 e. The smallest absolute Gasteiger partial charge is 0.191 e. The molecule has 7 heteroatoms. The van der Waals surface area contributed by atoms with Gasteiger partial charge < -0.3 is 15.2 Å². The molecule has 0 fully saturated rings. The highest BCUT2D eigenvalue weighted by Crippen LogP contribution is 2.02. The van der Waals surface area contributed by atoms with Crippen LogP contribution in [-0.2, 0) is 13.1 Å². The first-order chi connectivity index (χ1) is 10.3. The van der Waals surface area contributed by atoms with Crippen molar-refractivity contribution >= 4 is 29.9 Å². The van der Waals surface area contributed by atoms with E-state index >= 15 is 0 Å². The summed E-state index contributed by atoms with van der Waals surface area (Å²) < 4.78 is 15.1. The first-order valence-electron chi connectivity index (χ1n) is 6.92. The number of aliphatic imine (C=N–C) groups is 1. The van der Waals surface area contributed by atoms with Crippen molar-refractivity contribution in [2.75, 3.05) is 13.6 Å². The highest BCUT2D eigenvalue weighted by atomic mass is 127. The number of nitrogens with one attached hydrogen (secondary N) is 2. The Bertz CT molecular complexity index is 571. The molecular formula is C15H21FIN5. The van der Waals surface area contributed by atoms with Crippen LogP contribution >= 0.6 is 24.0 Å².